The van der Waals surface area contributed by atoms with Crippen LogP contribution >= 0.6 is 0 Å². The summed E-state index contributed by atoms with van der Waals surface area (Å²) in [7, 11) is -1.90. The van der Waals surface area contributed by atoms with E-state index >= 15 is 0 Å². The van der Waals surface area contributed by atoms with E-state index in [-0.39, 0.29) is 18.9 Å². The van der Waals surface area contributed by atoms with Gasteiger partial charge >= 0.3 is 0 Å². The van der Waals surface area contributed by atoms with E-state index in [0.29, 0.717) is 31.0 Å². The van der Waals surface area contributed by atoms with Crippen molar-refractivity contribution in [2.75, 3.05) is 37.4 Å². The predicted octanol–water partition coefficient (Wildman–Crippen LogP) is 3.05. The molecule has 0 saturated carbocycles. The molecule has 7 nitrogen and oxygen atoms in total. The van der Waals surface area contributed by atoms with Gasteiger partial charge in [0.15, 0.2) is 0 Å². The van der Waals surface area contributed by atoms with Gasteiger partial charge in [-0.1, -0.05) is 12.1 Å². The van der Waals surface area contributed by atoms with Crippen molar-refractivity contribution in [3.05, 3.63) is 53.6 Å². The number of nitrogens with one attached hydrogen (secondary N) is 1. The Balaban J connectivity index is 1.77. The number of aryl methyl sites for hydroxylation is 2. The molecule has 2 aromatic rings. The Morgan fingerprint density at radius 1 is 1.10 bits per heavy atom. The molecule has 1 amide bonds. The fourth-order valence-corrected chi connectivity index (χ4v) is 3.89. The van der Waals surface area contributed by atoms with Crippen LogP contribution in [0.5, 0.6) is 11.5 Å². The molecule has 0 bridgehead atoms. The molecule has 0 aliphatic carbocycles. The van der Waals surface area contributed by atoms with Gasteiger partial charge in [-0.2, -0.15) is 0 Å². The number of carbonyl (C=O) groups excluding carboxylic acids is 1. The van der Waals surface area contributed by atoms with Gasteiger partial charge in [-0.05, 0) is 61.7 Å². The molecule has 0 saturated heterocycles. The maximum Gasteiger partial charge on any atom is 0.232 e. The van der Waals surface area contributed by atoms with Crippen molar-refractivity contribution in [1.29, 1.82) is 0 Å². The molecule has 0 radical (unpaired) electrons. The highest BCUT2D eigenvalue weighted by molar-refractivity contribution is 7.92. The first-order valence-corrected chi connectivity index (χ1v) is 11.6. The van der Waals surface area contributed by atoms with Crippen molar-refractivity contribution in [3.8, 4) is 11.5 Å². The van der Waals surface area contributed by atoms with Gasteiger partial charge in [-0.3, -0.25) is 9.10 Å². The zero-order chi connectivity index (χ0) is 22.1. The fourth-order valence-electron chi connectivity index (χ4n) is 2.92. The number of methoxy groups -OCH3 is 1. The lowest BCUT2D eigenvalue weighted by Crippen LogP contribution is -2.32. The second-order valence-electron chi connectivity index (χ2n) is 7.10. The first-order chi connectivity index (χ1) is 14.2. The Kier molecular flexibility index (Phi) is 8.53. The standard InChI is InChI=1S/C22H30N2O5S/c1-17-7-8-18(2)21(16-17)29-15-13-23-22(25)6-5-14-24(30(4,26)27)19-9-11-20(28-3)12-10-19/h7-12,16H,5-6,13-15H2,1-4H3,(H,23,25). The molecule has 0 aliphatic rings. The molecule has 0 aliphatic heterocycles. The number of ether oxygens (including phenoxy) is 2. The van der Waals surface area contributed by atoms with Gasteiger partial charge in [0.25, 0.3) is 0 Å². The van der Waals surface area contributed by atoms with Crippen molar-refractivity contribution < 1.29 is 22.7 Å². The third-order valence-electron chi connectivity index (χ3n) is 4.55. The molecule has 1 N–H and O–H groups in total. The molecule has 8 heteroatoms. The molecule has 0 aromatic heterocycles. The van der Waals surface area contributed by atoms with Crippen molar-refractivity contribution in [1.82, 2.24) is 5.32 Å². The molecule has 0 fully saturated rings. The molecule has 164 valence electrons. The largest absolute Gasteiger partial charge is 0.497 e. The minimum atomic E-state index is -3.45. The van der Waals surface area contributed by atoms with Crippen LogP contribution in [0.2, 0.25) is 0 Å². The number of amides is 1. The summed E-state index contributed by atoms with van der Waals surface area (Å²) in [4.78, 5) is 12.1. The highest BCUT2D eigenvalue weighted by Crippen LogP contribution is 2.22. The first-order valence-electron chi connectivity index (χ1n) is 9.79. The Bertz CT molecular complexity index is 943. The highest BCUT2D eigenvalue weighted by Gasteiger charge is 2.17. The minimum absolute atomic E-state index is 0.136. The van der Waals surface area contributed by atoms with Crippen LogP contribution in [0.15, 0.2) is 42.5 Å². The predicted molar refractivity (Wildman–Crippen MR) is 119 cm³/mol. The molecular weight excluding hydrogens is 404 g/mol. The second kappa shape index (κ2) is 10.9. The number of sulfonamides is 1. The van der Waals surface area contributed by atoms with Crippen LogP contribution in [0.1, 0.15) is 24.0 Å². The van der Waals surface area contributed by atoms with Gasteiger partial charge in [-0.15, -0.1) is 0 Å². The zero-order valence-electron chi connectivity index (χ0n) is 18.0. The lowest BCUT2D eigenvalue weighted by atomic mass is 10.1. The molecule has 2 rings (SSSR count). The van der Waals surface area contributed by atoms with Crippen LogP contribution < -0.4 is 19.1 Å². The monoisotopic (exact) mass is 434 g/mol. The van der Waals surface area contributed by atoms with E-state index < -0.39 is 10.0 Å². The van der Waals surface area contributed by atoms with Crippen molar-refractivity contribution >= 4 is 21.6 Å². The molecule has 0 atom stereocenters. The van der Waals surface area contributed by atoms with Crippen molar-refractivity contribution in [3.63, 3.8) is 0 Å². The summed E-state index contributed by atoms with van der Waals surface area (Å²) in [5.41, 5.74) is 2.71. The Labute approximate surface area is 179 Å². The van der Waals surface area contributed by atoms with Crippen molar-refractivity contribution in [2.24, 2.45) is 0 Å². The third-order valence-corrected chi connectivity index (χ3v) is 5.75. The summed E-state index contributed by atoms with van der Waals surface area (Å²) >= 11 is 0. The van der Waals surface area contributed by atoms with E-state index in [4.69, 9.17) is 9.47 Å². The summed E-state index contributed by atoms with van der Waals surface area (Å²) in [6.07, 6.45) is 1.79. The summed E-state index contributed by atoms with van der Waals surface area (Å²) in [6.45, 7) is 4.96. The number of benzene rings is 2. The van der Waals surface area contributed by atoms with Gasteiger partial charge in [0.05, 0.1) is 25.6 Å². The number of hydrogen-bond acceptors (Lipinski definition) is 5. The quantitative estimate of drug-likeness (QED) is 0.550. The number of anilines is 1. The summed E-state index contributed by atoms with van der Waals surface area (Å²) < 4.78 is 36.4. The summed E-state index contributed by atoms with van der Waals surface area (Å²) in [5, 5.41) is 2.81. The lowest BCUT2D eigenvalue weighted by Gasteiger charge is -2.22. The number of nitrogens with zero attached hydrogens (tertiary/aromatic N) is 1. The topological polar surface area (TPSA) is 84.9 Å². The van der Waals surface area contributed by atoms with Crippen LogP contribution in [0.3, 0.4) is 0 Å². The first kappa shape index (κ1) is 23.5. The van der Waals surface area contributed by atoms with Gasteiger partial charge in [0, 0.05) is 13.0 Å². The minimum Gasteiger partial charge on any atom is -0.497 e. The lowest BCUT2D eigenvalue weighted by molar-refractivity contribution is -0.121. The van der Waals surface area contributed by atoms with E-state index in [1.165, 1.54) is 4.31 Å². The van der Waals surface area contributed by atoms with E-state index in [1.807, 2.05) is 32.0 Å². The summed E-state index contributed by atoms with van der Waals surface area (Å²) in [6, 6.07) is 12.8. The number of hydrogen-bond donors (Lipinski definition) is 1. The van der Waals surface area contributed by atoms with Gasteiger partial charge in [0.2, 0.25) is 15.9 Å². The highest BCUT2D eigenvalue weighted by atomic mass is 32.2. The van der Waals surface area contributed by atoms with Gasteiger partial charge in [0.1, 0.15) is 18.1 Å². The van der Waals surface area contributed by atoms with E-state index in [2.05, 4.69) is 5.32 Å². The van der Waals surface area contributed by atoms with E-state index in [1.54, 1.807) is 31.4 Å². The summed E-state index contributed by atoms with van der Waals surface area (Å²) in [5.74, 6) is 1.32. The average molecular weight is 435 g/mol. The molecule has 30 heavy (non-hydrogen) atoms. The Morgan fingerprint density at radius 3 is 2.43 bits per heavy atom. The molecule has 0 unspecified atom stereocenters. The maximum atomic E-state index is 12.1. The van der Waals surface area contributed by atoms with Crippen molar-refractivity contribution in [2.45, 2.75) is 26.7 Å². The zero-order valence-corrected chi connectivity index (χ0v) is 18.8. The third kappa shape index (κ3) is 7.26. The Hall–Kier alpha value is -2.74. The van der Waals surface area contributed by atoms with E-state index in [0.717, 1.165) is 23.1 Å². The fraction of sp³-hybridized carbons (Fsp3) is 0.409. The molecule has 0 spiro atoms. The average Bonchev–Trinajstić information content (AvgIpc) is 2.70. The molecular formula is C22H30N2O5S. The molecule has 0 heterocycles. The van der Waals surface area contributed by atoms with Gasteiger partial charge in [-0.25, -0.2) is 8.42 Å². The van der Waals surface area contributed by atoms with Crippen LogP contribution in [-0.4, -0.2) is 47.4 Å². The van der Waals surface area contributed by atoms with Crippen LogP contribution in [0, 0.1) is 13.8 Å². The molecule has 2 aromatic carbocycles. The van der Waals surface area contributed by atoms with Gasteiger partial charge < -0.3 is 14.8 Å². The maximum absolute atomic E-state index is 12.1. The smallest absolute Gasteiger partial charge is 0.232 e. The number of rotatable bonds is 11. The normalized spacial score (nSPS) is 11.1. The van der Waals surface area contributed by atoms with Crippen LogP contribution in [0.25, 0.3) is 0 Å². The van der Waals surface area contributed by atoms with Crippen LogP contribution in [0.4, 0.5) is 5.69 Å². The Morgan fingerprint density at radius 2 is 1.80 bits per heavy atom. The van der Waals surface area contributed by atoms with Crippen LogP contribution in [-0.2, 0) is 14.8 Å². The van der Waals surface area contributed by atoms with E-state index in [9.17, 15) is 13.2 Å². The SMILES string of the molecule is COc1ccc(N(CCCC(=O)NCCOc2cc(C)ccc2C)S(C)(=O)=O)cc1. The number of carbonyl (C=O) groups is 1. The second-order valence-corrected chi connectivity index (χ2v) is 9.01.